The fourth-order valence-corrected chi connectivity index (χ4v) is 1.87. The molecule has 1 N–H and O–H groups in total. The maximum atomic E-state index is 12.1. The van der Waals surface area contributed by atoms with Gasteiger partial charge in [0.15, 0.2) is 0 Å². The third-order valence-corrected chi connectivity index (χ3v) is 2.89. The largest absolute Gasteiger partial charge is 0.356 e. The van der Waals surface area contributed by atoms with Gasteiger partial charge in [0, 0.05) is 19.6 Å². The first-order valence-corrected chi connectivity index (χ1v) is 6.26. The van der Waals surface area contributed by atoms with Crippen LogP contribution in [-0.2, 0) is 0 Å². The maximum Gasteiger partial charge on any atom is 0.331 e. The van der Waals surface area contributed by atoms with E-state index >= 15 is 0 Å². The van der Waals surface area contributed by atoms with Crippen molar-refractivity contribution in [2.75, 3.05) is 19.6 Å². The lowest BCUT2D eigenvalue weighted by atomic mass is 10.3. The van der Waals surface area contributed by atoms with Crippen LogP contribution in [-0.4, -0.2) is 57.9 Å². The fourth-order valence-electron chi connectivity index (χ4n) is 1.87. The van der Waals surface area contributed by atoms with E-state index < -0.39 is 18.4 Å². The molecule has 1 aliphatic heterocycles. The summed E-state index contributed by atoms with van der Waals surface area (Å²) in [5.41, 5.74) is 0. The van der Waals surface area contributed by atoms with Gasteiger partial charge in [-0.15, -0.1) is 0 Å². The van der Waals surface area contributed by atoms with Crippen LogP contribution in [0.25, 0.3) is 0 Å². The Bertz CT molecular complexity index is 491. The molecule has 0 aromatic heterocycles. The molecule has 0 radical (unpaired) electrons. The lowest BCUT2D eigenvalue weighted by Gasteiger charge is -2.44. The maximum absolute atomic E-state index is 12.1. The summed E-state index contributed by atoms with van der Waals surface area (Å²) in [5.74, 6) is 0. The molecule has 0 aliphatic carbocycles. The van der Waals surface area contributed by atoms with Crippen LogP contribution in [0.3, 0.4) is 0 Å². The van der Waals surface area contributed by atoms with E-state index in [0.717, 1.165) is 14.7 Å². The number of amides is 4. The molecule has 0 aromatic rings. The molecular formula is C12H14N6O3. The lowest BCUT2D eigenvalue weighted by Crippen LogP contribution is -2.66. The van der Waals surface area contributed by atoms with Crippen LogP contribution in [0.15, 0.2) is 0 Å². The highest BCUT2D eigenvalue weighted by Crippen LogP contribution is 2.19. The van der Waals surface area contributed by atoms with Crippen LogP contribution in [0.2, 0.25) is 0 Å². The van der Waals surface area contributed by atoms with Crippen molar-refractivity contribution in [3.8, 4) is 18.2 Å². The summed E-state index contributed by atoms with van der Waals surface area (Å²) in [6.45, 7) is -0.196. The Morgan fingerprint density at radius 3 is 1.62 bits per heavy atom. The molecule has 9 nitrogen and oxygen atoms in total. The van der Waals surface area contributed by atoms with Crippen LogP contribution in [0.4, 0.5) is 9.59 Å². The predicted octanol–water partition coefficient (Wildman–Crippen LogP) is 0.163. The Kier molecular flexibility index (Phi) is 5.94. The van der Waals surface area contributed by atoms with Crippen molar-refractivity contribution in [3.63, 3.8) is 0 Å². The van der Waals surface area contributed by atoms with Gasteiger partial charge < -0.3 is 5.11 Å². The minimum Gasteiger partial charge on any atom is -0.356 e. The zero-order chi connectivity index (χ0) is 15.8. The van der Waals surface area contributed by atoms with Crippen molar-refractivity contribution in [1.82, 2.24) is 14.7 Å². The summed E-state index contributed by atoms with van der Waals surface area (Å²) in [7, 11) is 0. The first-order chi connectivity index (χ1) is 10.1. The monoisotopic (exact) mass is 290 g/mol. The van der Waals surface area contributed by atoms with E-state index in [-0.39, 0.29) is 38.9 Å². The molecule has 4 amide bonds. The van der Waals surface area contributed by atoms with Gasteiger partial charge in [0.25, 0.3) is 0 Å². The van der Waals surface area contributed by atoms with E-state index in [1.54, 1.807) is 0 Å². The predicted molar refractivity (Wildman–Crippen MR) is 67.6 cm³/mol. The Hall–Kier alpha value is -2.83. The molecule has 1 aliphatic rings. The number of aliphatic hydroxyl groups excluding tert-OH is 1. The van der Waals surface area contributed by atoms with Gasteiger partial charge in [0.05, 0.1) is 37.5 Å². The van der Waals surface area contributed by atoms with Crippen LogP contribution < -0.4 is 0 Å². The van der Waals surface area contributed by atoms with Crippen LogP contribution in [0.1, 0.15) is 19.3 Å². The number of nitriles is 3. The number of carbonyl (C=O) groups is 2. The number of rotatable bonds is 6. The third-order valence-electron chi connectivity index (χ3n) is 2.89. The SMILES string of the molecule is N#CCCN1C(=O)N(CCC#N)C(O)N(CCC#N)C1=O. The highest BCUT2D eigenvalue weighted by Gasteiger charge is 2.42. The Balaban J connectivity index is 2.97. The van der Waals surface area contributed by atoms with E-state index in [1.165, 1.54) is 0 Å². The summed E-state index contributed by atoms with van der Waals surface area (Å²) in [6.07, 6.45) is -1.55. The second-order valence-electron chi connectivity index (χ2n) is 4.17. The van der Waals surface area contributed by atoms with Crippen molar-refractivity contribution >= 4 is 12.1 Å². The number of nitrogens with zero attached hydrogens (tertiary/aromatic N) is 6. The molecule has 1 heterocycles. The van der Waals surface area contributed by atoms with Gasteiger partial charge >= 0.3 is 12.1 Å². The van der Waals surface area contributed by atoms with E-state index in [1.807, 2.05) is 18.2 Å². The number of imide groups is 1. The molecule has 0 aromatic carbocycles. The average Bonchev–Trinajstić information content (AvgIpc) is 2.47. The summed E-state index contributed by atoms with van der Waals surface area (Å²) < 4.78 is 0. The molecule has 1 fully saturated rings. The summed E-state index contributed by atoms with van der Waals surface area (Å²) in [6, 6.07) is 4.05. The highest BCUT2D eigenvalue weighted by molar-refractivity contribution is 5.96. The summed E-state index contributed by atoms with van der Waals surface area (Å²) in [4.78, 5) is 27.1. The average molecular weight is 290 g/mol. The minimum atomic E-state index is -1.51. The van der Waals surface area contributed by atoms with Gasteiger partial charge in [-0.3, -0.25) is 9.80 Å². The first kappa shape index (κ1) is 16.2. The number of carbonyl (C=O) groups excluding carboxylic acids is 2. The van der Waals surface area contributed by atoms with Crippen LogP contribution in [0.5, 0.6) is 0 Å². The van der Waals surface area contributed by atoms with Gasteiger partial charge in [0.1, 0.15) is 0 Å². The second-order valence-corrected chi connectivity index (χ2v) is 4.17. The standard InChI is InChI=1S/C12H14N6O3/c13-4-1-7-16-10(19)17(8-2-5-14)12(21)18(11(16)20)9-3-6-15/h10,19H,1-3,7-9H2. The van der Waals surface area contributed by atoms with Gasteiger partial charge in [-0.25, -0.2) is 14.5 Å². The molecule has 0 atom stereocenters. The molecule has 0 spiro atoms. The summed E-state index contributed by atoms with van der Waals surface area (Å²) >= 11 is 0. The van der Waals surface area contributed by atoms with Crippen molar-refractivity contribution in [3.05, 3.63) is 0 Å². The molecule has 0 unspecified atom stereocenters. The molecule has 1 saturated heterocycles. The highest BCUT2D eigenvalue weighted by atomic mass is 16.3. The smallest absolute Gasteiger partial charge is 0.331 e. The van der Waals surface area contributed by atoms with Gasteiger partial charge in [-0.1, -0.05) is 0 Å². The van der Waals surface area contributed by atoms with Crippen molar-refractivity contribution in [1.29, 1.82) is 15.8 Å². The quantitative estimate of drug-likeness (QED) is 0.740. The van der Waals surface area contributed by atoms with E-state index in [9.17, 15) is 14.7 Å². The number of hydrogen-bond acceptors (Lipinski definition) is 6. The van der Waals surface area contributed by atoms with Crippen LogP contribution in [0, 0.1) is 34.0 Å². The van der Waals surface area contributed by atoms with E-state index in [2.05, 4.69) is 0 Å². The van der Waals surface area contributed by atoms with Crippen molar-refractivity contribution < 1.29 is 14.7 Å². The normalized spacial score (nSPS) is 15.6. The summed E-state index contributed by atoms with van der Waals surface area (Å²) in [5, 5.41) is 35.8. The van der Waals surface area contributed by atoms with E-state index in [4.69, 9.17) is 15.8 Å². The minimum absolute atomic E-state index is 0.00479. The number of hydrogen-bond donors (Lipinski definition) is 1. The molecule has 9 heteroatoms. The first-order valence-electron chi connectivity index (χ1n) is 6.26. The van der Waals surface area contributed by atoms with Gasteiger partial charge in [-0.05, 0) is 0 Å². The molecule has 21 heavy (non-hydrogen) atoms. The Morgan fingerprint density at radius 1 is 0.857 bits per heavy atom. The van der Waals surface area contributed by atoms with Crippen molar-refractivity contribution in [2.24, 2.45) is 0 Å². The zero-order valence-corrected chi connectivity index (χ0v) is 11.3. The van der Waals surface area contributed by atoms with E-state index in [0.29, 0.717) is 0 Å². The second kappa shape index (κ2) is 7.68. The topological polar surface area (TPSA) is 135 Å². The lowest BCUT2D eigenvalue weighted by molar-refractivity contribution is -0.0912. The number of urea groups is 2. The third kappa shape index (κ3) is 3.59. The zero-order valence-electron chi connectivity index (χ0n) is 11.3. The molecular weight excluding hydrogens is 276 g/mol. The van der Waals surface area contributed by atoms with Crippen LogP contribution >= 0.6 is 0 Å². The Labute approximate surface area is 121 Å². The van der Waals surface area contributed by atoms with Crippen molar-refractivity contribution in [2.45, 2.75) is 25.6 Å². The molecule has 0 bridgehead atoms. The molecule has 0 saturated carbocycles. The number of aliphatic hydroxyl groups is 1. The van der Waals surface area contributed by atoms with Gasteiger partial charge in [0.2, 0.25) is 6.35 Å². The Morgan fingerprint density at radius 2 is 1.24 bits per heavy atom. The van der Waals surface area contributed by atoms with Gasteiger partial charge in [-0.2, -0.15) is 15.8 Å². The fraction of sp³-hybridized carbons (Fsp3) is 0.583. The molecule has 1 rings (SSSR count). The molecule has 110 valence electrons.